The van der Waals surface area contributed by atoms with Crippen molar-refractivity contribution < 1.29 is 31.2 Å². The van der Waals surface area contributed by atoms with Gasteiger partial charge in [0, 0.05) is 6.20 Å². The van der Waals surface area contributed by atoms with E-state index < -0.39 is 46.3 Å². The number of rotatable bonds is 6. The van der Waals surface area contributed by atoms with Crippen molar-refractivity contribution in [1.29, 1.82) is 0 Å². The molecule has 9 nitrogen and oxygen atoms in total. The van der Waals surface area contributed by atoms with E-state index in [-0.39, 0.29) is 12.2 Å². The van der Waals surface area contributed by atoms with E-state index in [1.54, 1.807) is 0 Å². The maximum Gasteiger partial charge on any atom is 0.351 e. The van der Waals surface area contributed by atoms with Gasteiger partial charge in [0.15, 0.2) is 6.10 Å². The van der Waals surface area contributed by atoms with Crippen LogP contribution in [0.2, 0.25) is 0 Å². The van der Waals surface area contributed by atoms with E-state index in [9.17, 15) is 27.1 Å². The molecule has 25 heavy (non-hydrogen) atoms. The van der Waals surface area contributed by atoms with E-state index in [0.717, 1.165) is 18.5 Å². The summed E-state index contributed by atoms with van der Waals surface area (Å²) in [5.74, 6) is -4.09. The van der Waals surface area contributed by atoms with Crippen LogP contribution in [0.3, 0.4) is 0 Å². The molecule has 3 N–H and O–H groups in total. The molecule has 12 heteroatoms. The lowest BCUT2D eigenvalue weighted by Gasteiger charge is -2.23. The van der Waals surface area contributed by atoms with Gasteiger partial charge in [-0.1, -0.05) is 6.08 Å². The minimum Gasteiger partial charge on any atom is -0.384 e. The van der Waals surface area contributed by atoms with Crippen LogP contribution in [0.5, 0.6) is 0 Å². The molecule has 1 saturated heterocycles. The molecule has 0 aromatic carbocycles. The summed E-state index contributed by atoms with van der Waals surface area (Å²) in [5.41, 5.74) is 4.20. The topological polar surface area (TPSA) is 134 Å². The Morgan fingerprint density at radius 1 is 1.64 bits per heavy atom. The Labute approximate surface area is 141 Å². The number of halogens is 2. The average molecular weight is 381 g/mol. The van der Waals surface area contributed by atoms with Crippen LogP contribution in [0.4, 0.5) is 14.6 Å². The molecule has 1 unspecified atom stereocenters. The fraction of sp³-hybridized carbons (Fsp3) is 0.538. The Kier molecular flexibility index (Phi) is 5.27. The van der Waals surface area contributed by atoms with Gasteiger partial charge in [-0.15, -0.1) is 6.58 Å². The summed E-state index contributed by atoms with van der Waals surface area (Å²) >= 11 is 0. The molecule has 2 rings (SSSR count). The lowest BCUT2D eigenvalue weighted by atomic mass is 10.0. The molecule has 1 aromatic heterocycles. The zero-order valence-electron chi connectivity index (χ0n) is 13.1. The fourth-order valence-corrected chi connectivity index (χ4v) is 3.08. The second kappa shape index (κ2) is 6.78. The molecule has 1 aliphatic rings. The van der Waals surface area contributed by atoms with Crippen LogP contribution >= 0.6 is 0 Å². The third-order valence-corrected chi connectivity index (χ3v) is 4.09. The molecule has 1 aliphatic heterocycles. The number of aliphatic hydroxyl groups is 1. The standard InChI is InChI=1S/C13H17F2N3O6S/c1-3-4-7(24-25(2,21)22)9-10(19)13(14,15)11(23-9)18-6-5-8(16)17-12(18)20/h3,5-7,9-11,19H,1,4H2,2H3,(H2,16,17,20)/t7?,9-,10-,11-/m1/s1. The van der Waals surface area contributed by atoms with Crippen molar-refractivity contribution in [2.24, 2.45) is 0 Å². The van der Waals surface area contributed by atoms with Gasteiger partial charge >= 0.3 is 11.6 Å². The monoisotopic (exact) mass is 381 g/mol. The Hall–Kier alpha value is -1.89. The summed E-state index contributed by atoms with van der Waals surface area (Å²) in [4.78, 5) is 15.1. The molecule has 0 spiro atoms. The lowest BCUT2D eigenvalue weighted by molar-refractivity contribution is -0.141. The zero-order valence-corrected chi connectivity index (χ0v) is 13.9. The van der Waals surface area contributed by atoms with Crippen LogP contribution in [0.15, 0.2) is 29.7 Å². The smallest absolute Gasteiger partial charge is 0.351 e. The highest BCUT2D eigenvalue weighted by Crippen LogP contribution is 2.44. The Bertz CT molecular complexity index is 812. The average Bonchev–Trinajstić information content (AvgIpc) is 2.69. The second-order valence-corrected chi connectivity index (χ2v) is 7.08. The number of aliphatic hydroxyl groups excluding tert-OH is 1. The normalized spacial score (nSPS) is 27.1. The molecule has 0 bridgehead atoms. The summed E-state index contributed by atoms with van der Waals surface area (Å²) in [6, 6.07) is 1.11. The Morgan fingerprint density at radius 2 is 2.28 bits per heavy atom. The highest BCUT2D eigenvalue weighted by Gasteiger charge is 2.61. The van der Waals surface area contributed by atoms with Gasteiger partial charge in [-0.25, -0.2) is 4.79 Å². The minimum atomic E-state index is -4.02. The predicted octanol–water partition coefficient (Wildman–Crippen LogP) is -0.360. The van der Waals surface area contributed by atoms with Crippen LogP contribution in [-0.2, 0) is 19.0 Å². The van der Waals surface area contributed by atoms with Gasteiger partial charge in [-0.05, 0) is 12.5 Å². The largest absolute Gasteiger partial charge is 0.384 e. The highest BCUT2D eigenvalue weighted by atomic mass is 32.2. The van der Waals surface area contributed by atoms with Gasteiger partial charge in [-0.3, -0.25) is 8.75 Å². The van der Waals surface area contributed by atoms with E-state index in [1.165, 1.54) is 6.08 Å². The molecule has 0 aliphatic carbocycles. The zero-order chi connectivity index (χ0) is 19.0. The van der Waals surface area contributed by atoms with Crippen molar-refractivity contribution >= 4 is 15.9 Å². The number of aromatic nitrogens is 2. The molecule has 4 atom stereocenters. The van der Waals surface area contributed by atoms with Gasteiger partial charge in [0.1, 0.15) is 18.0 Å². The van der Waals surface area contributed by atoms with E-state index in [2.05, 4.69) is 11.6 Å². The quantitative estimate of drug-likeness (QED) is 0.504. The number of hydrogen-bond acceptors (Lipinski definition) is 8. The Morgan fingerprint density at radius 3 is 2.80 bits per heavy atom. The van der Waals surface area contributed by atoms with E-state index in [4.69, 9.17) is 14.7 Å². The summed E-state index contributed by atoms with van der Waals surface area (Å²) in [5, 5.41) is 9.94. The minimum absolute atomic E-state index is 0.176. The number of nitrogens with two attached hydrogens (primary N) is 1. The second-order valence-electron chi connectivity index (χ2n) is 5.48. The fourth-order valence-electron chi connectivity index (χ4n) is 2.44. The summed E-state index contributed by atoms with van der Waals surface area (Å²) in [7, 11) is -4.02. The highest BCUT2D eigenvalue weighted by molar-refractivity contribution is 7.86. The number of nitrogens with zero attached hydrogens (tertiary/aromatic N) is 2. The van der Waals surface area contributed by atoms with Crippen molar-refractivity contribution in [3.8, 4) is 0 Å². The Balaban J connectivity index is 2.40. The van der Waals surface area contributed by atoms with Crippen LogP contribution in [-0.4, -0.2) is 53.6 Å². The van der Waals surface area contributed by atoms with Gasteiger partial charge in [0.2, 0.25) is 6.23 Å². The molecule has 0 saturated carbocycles. The molecular weight excluding hydrogens is 364 g/mol. The molecule has 2 heterocycles. The van der Waals surface area contributed by atoms with Crippen molar-refractivity contribution in [2.45, 2.75) is 36.9 Å². The van der Waals surface area contributed by atoms with Crippen molar-refractivity contribution in [3.05, 3.63) is 35.4 Å². The van der Waals surface area contributed by atoms with E-state index >= 15 is 0 Å². The van der Waals surface area contributed by atoms with Crippen LogP contribution in [0.25, 0.3) is 0 Å². The van der Waals surface area contributed by atoms with Gasteiger partial charge < -0.3 is 15.6 Å². The third-order valence-electron chi connectivity index (χ3n) is 3.49. The van der Waals surface area contributed by atoms with Crippen molar-refractivity contribution in [3.63, 3.8) is 0 Å². The van der Waals surface area contributed by atoms with Gasteiger partial charge in [-0.2, -0.15) is 22.2 Å². The maximum absolute atomic E-state index is 14.4. The summed E-state index contributed by atoms with van der Waals surface area (Å²) in [6.07, 6.45) is -5.08. The maximum atomic E-state index is 14.4. The number of ether oxygens (including phenoxy) is 1. The number of hydrogen-bond donors (Lipinski definition) is 2. The summed E-state index contributed by atoms with van der Waals surface area (Å²) in [6.45, 7) is 3.39. The first-order valence-electron chi connectivity index (χ1n) is 7.02. The molecule has 140 valence electrons. The first-order valence-corrected chi connectivity index (χ1v) is 8.84. The van der Waals surface area contributed by atoms with Crippen LogP contribution in [0.1, 0.15) is 12.6 Å². The van der Waals surface area contributed by atoms with Crippen molar-refractivity contribution in [2.75, 3.05) is 12.0 Å². The van der Waals surface area contributed by atoms with Crippen LogP contribution in [0, 0.1) is 0 Å². The van der Waals surface area contributed by atoms with E-state index in [0.29, 0.717) is 4.57 Å². The number of alkyl halides is 2. The third kappa shape index (κ3) is 4.03. The molecule has 1 fully saturated rings. The SMILES string of the molecule is C=CCC(OS(C)(=O)=O)[C@H]1O[C@@H](n2ccc(N)nc2=O)C(F)(F)[C@@H]1O. The molecule has 1 aromatic rings. The van der Waals surface area contributed by atoms with Gasteiger partial charge in [0.25, 0.3) is 10.1 Å². The molecular formula is C13H17F2N3O6S. The first kappa shape index (κ1) is 19.4. The van der Waals surface area contributed by atoms with Gasteiger partial charge in [0.05, 0.1) is 6.26 Å². The number of anilines is 1. The van der Waals surface area contributed by atoms with Crippen LogP contribution < -0.4 is 11.4 Å². The molecule has 0 amide bonds. The predicted molar refractivity (Wildman–Crippen MR) is 82.3 cm³/mol. The first-order chi connectivity index (χ1) is 11.5. The lowest BCUT2D eigenvalue weighted by Crippen LogP contribution is -2.44. The molecule has 0 radical (unpaired) electrons. The van der Waals surface area contributed by atoms with E-state index in [1.807, 2.05) is 0 Å². The summed E-state index contributed by atoms with van der Waals surface area (Å²) < 4.78 is 61.8. The van der Waals surface area contributed by atoms with Crippen molar-refractivity contribution in [1.82, 2.24) is 9.55 Å². The number of nitrogen functional groups attached to an aromatic ring is 1.